The number of ketones is 2. The molecule has 0 radical (unpaired) electrons. The maximum absolute atomic E-state index is 13.7. The summed E-state index contributed by atoms with van der Waals surface area (Å²) in [6.07, 6.45) is 0. The Labute approximate surface area is 220 Å². The summed E-state index contributed by atoms with van der Waals surface area (Å²) >= 11 is 7.01. The zero-order valence-corrected chi connectivity index (χ0v) is 21.0. The van der Waals surface area contributed by atoms with Gasteiger partial charge in [0.25, 0.3) is 5.91 Å². The normalized spacial score (nSPS) is 11.5. The predicted molar refractivity (Wildman–Crippen MR) is 140 cm³/mol. The van der Waals surface area contributed by atoms with Gasteiger partial charge in [0, 0.05) is 17.5 Å². The van der Waals surface area contributed by atoms with E-state index in [2.05, 4.69) is 15.2 Å². The van der Waals surface area contributed by atoms with Crippen LogP contribution in [0.3, 0.4) is 0 Å². The average molecular weight is 528 g/mol. The van der Waals surface area contributed by atoms with Crippen LogP contribution >= 0.6 is 22.9 Å². The second-order valence-electron chi connectivity index (χ2n) is 7.91. The van der Waals surface area contributed by atoms with Crippen molar-refractivity contribution >= 4 is 40.4 Å². The largest absolute Gasteiger partial charge is 0.293 e. The summed E-state index contributed by atoms with van der Waals surface area (Å²) in [6.45, 7) is 1.38. The van der Waals surface area contributed by atoms with E-state index in [9.17, 15) is 14.4 Å². The molecule has 5 rings (SSSR count). The molecular weight excluding hydrogens is 510 g/mol. The molecule has 0 N–H and O–H groups in total. The topological polar surface area (TPSA) is 99.2 Å². The van der Waals surface area contributed by atoms with Gasteiger partial charge in [0.1, 0.15) is 11.4 Å². The van der Waals surface area contributed by atoms with Crippen molar-refractivity contribution in [1.82, 2.24) is 19.6 Å². The molecule has 0 aliphatic heterocycles. The van der Waals surface area contributed by atoms with E-state index in [-0.39, 0.29) is 27.0 Å². The van der Waals surface area contributed by atoms with Crippen LogP contribution in [-0.2, 0) is 0 Å². The first kappa shape index (κ1) is 24.2. The Hall–Kier alpha value is -4.47. The third-order valence-corrected chi connectivity index (χ3v) is 6.51. The number of aromatic nitrogens is 4. The minimum Gasteiger partial charge on any atom is -0.293 e. The molecule has 0 unspecified atom stereocenters. The van der Waals surface area contributed by atoms with Gasteiger partial charge in [-0.3, -0.25) is 14.4 Å². The molecule has 1 amide bonds. The van der Waals surface area contributed by atoms with E-state index in [4.69, 9.17) is 11.6 Å². The lowest BCUT2D eigenvalue weighted by molar-refractivity contribution is 0.0993. The van der Waals surface area contributed by atoms with Gasteiger partial charge in [-0.25, -0.2) is 9.36 Å². The maximum Gasteiger partial charge on any atom is 0.279 e. The quantitative estimate of drug-likeness (QED) is 0.291. The highest BCUT2D eigenvalue weighted by molar-refractivity contribution is 7.11. The highest BCUT2D eigenvalue weighted by Crippen LogP contribution is 2.19. The molecule has 2 heterocycles. The van der Waals surface area contributed by atoms with Crippen LogP contribution < -0.4 is 4.80 Å². The van der Waals surface area contributed by atoms with E-state index in [1.807, 2.05) is 18.2 Å². The Balaban J connectivity index is 1.65. The van der Waals surface area contributed by atoms with Gasteiger partial charge in [0.2, 0.25) is 10.6 Å². The molecule has 0 saturated carbocycles. The van der Waals surface area contributed by atoms with Crippen molar-refractivity contribution in [3.8, 4) is 11.4 Å². The third-order valence-electron chi connectivity index (χ3n) is 5.35. The van der Waals surface area contributed by atoms with Gasteiger partial charge in [-0.1, -0.05) is 59.3 Å². The molecule has 0 fully saturated rings. The van der Waals surface area contributed by atoms with Crippen LogP contribution in [0.25, 0.3) is 11.4 Å². The number of nitrogens with zero attached hydrogens (tertiary/aromatic N) is 5. The second-order valence-corrected chi connectivity index (χ2v) is 9.30. The Morgan fingerprint density at radius 1 is 0.811 bits per heavy atom. The van der Waals surface area contributed by atoms with E-state index in [1.165, 1.54) is 22.4 Å². The monoisotopic (exact) mass is 527 g/mol. The van der Waals surface area contributed by atoms with Gasteiger partial charge in [-0.05, 0) is 54.6 Å². The minimum atomic E-state index is -0.473. The summed E-state index contributed by atoms with van der Waals surface area (Å²) < 4.78 is 2.84. The number of amides is 1. The number of hydrogen-bond donors (Lipinski definition) is 0. The van der Waals surface area contributed by atoms with Gasteiger partial charge in [0.05, 0.1) is 11.4 Å². The van der Waals surface area contributed by atoms with Crippen molar-refractivity contribution in [2.24, 2.45) is 4.99 Å². The Morgan fingerprint density at radius 2 is 1.43 bits per heavy atom. The lowest BCUT2D eigenvalue weighted by atomic mass is 10.2. The molecule has 8 nitrogen and oxygen atoms in total. The number of hydrogen-bond acceptors (Lipinski definition) is 6. The number of halogens is 1. The van der Waals surface area contributed by atoms with Crippen molar-refractivity contribution in [2.45, 2.75) is 6.92 Å². The summed E-state index contributed by atoms with van der Waals surface area (Å²) in [5.41, 5.74) is 1.90. The molecule has 0 bridgehead atoms. The molecule has 2 aromatic heterocycles. The van der Waals surface area contributed by atoms with Crippen LogP contribution in [0.15, 0.2) is 96.0 Å². The molecular formula is C27H18ClN5O3S. The van der Waals surface area contributed by atoms with E-state index < -0.39 is 11.7 Å². The van der Waals surface area contributed by atoms with E-state index in [0.717, 1.165) is 11.3 Å². The highest BCUT2D eigenvalue weighted by Gasteiger charge is 2.24. The molecule has 0 aliphatic rings. The van der Waals surface area contributed by atoms with Crippen molar-refractivity contribution < 1.29 is 14.4 Å². The van der Waals surface area contributed by atoms with Crippen LogP contribution in [0.4, 0.5) is 0 Å². The molecule has 37 heavy (non-hydrogen) atoms. The molecule has 5 aromatic rings. The van der Waals surface area contributed by atoms with E-state index in [0.29, 0.717) is 22.0 Å². The van der Waals surface area contributed by atoms with E-state index >= 15 is 0 Å². The molecule has 3 aromatic carbocycles. The lowest BCUT2D eigenvalue weighted by Gasteiger charge is -2.05. The number of rotatable bonds is 6. The van der Waals surface area contributed by atoms with Crippen LogP contribution in [-0.4, -0.2) is 37.0 Å². The Bertz CT molecular complexity index is 1690. The van der Waals surface area contributed by atoms with Crippen LogP contribution in [0.2, 0.25) is 5.02 Å². The van der Waals surface area contributed by atoms with Crippen LogP contribution in [0.5, 0.6) is 0 Å². The third kappa shape index (κ3) is 5.09. The first-order valence-corrected chi connectivity index (χ1v) is 12.3. The summed E-state index contributed by atoms with van der Waals surface area (Å²) in [5, 5.41) is 9.43. The van der Waals surface area contributed by atoms with Crippen molar-refractivity contribution in [3.63, 3.8) is 0 Å². The van der Waals surface area contributed by atoms with Gasteiger partial charge >= 0.3 is 0 Å². The smallest absolute Gasteiger partial charge is 0.279 e. The first-order chi connectivity index (χ1) is 17.9. The number of benzene rings is 3. The zero-order chi connectivity index (χ0) is 25.9. The summed E-state index contributed by atoms with van der Waals surface area (Å²) in [5.74, 6) is -1.22. The van der Waals surface area contributed by atoms with Gasteiger partial charge < -0.3 is 0 Å². The van der Waals surface area contributed by atoms with Crippen molar-refractivity contribution in [3.05, 3.63) is 123 Å². The Morgan fingerprint density at radius 3 is 2.08 bits per heavy atom. The molecule has 0 atom stereocenters. The van der Waals surface area contributed by atoms with Gasteiger partial charge in [0.15, 0.2) is 10.8 Å². The average Bonchev–Trinajstić information content (AvgIpc) is 3.55. The molecule has 0 aliphatic carbocycles. The van der Waals surface area contributed by atoms with Crippen LogP contribution in [0.1, 0.15) is 43.3 Å². The predicted octanol–water partition coefficient (Wildman–Crippen LogP) is 4.95. The summed E-state index contributed by atoms with van der Waals surface area (Å²) in [7, 11) is 0. The Kier molecular flexibility index (Phi) is 6.72. The fourth-order valence-electron chi connectivity index (χ4n) is 3.52. The van der Waals surface area contributed by atoms with Gasteiger partial charge in [-0.15, -0.1) is 0 Å². The SMILES string of the molecule is CC(=O)c1cc(C(=O)c2nn(-c3ccc(Cl)cc3)c(=NC(=O)c3ccccc3)s2)n(-c2ccccc2)n1. The first-order valence-electron chi connectivity index (χ1n) is 11.1. The number of carbonyl (C=O) groups is 3. The number of carbonyl (C=O) groups excluding carboxylic acids is 3. The number of para-hydroxylation sites is 1. The fraction of sp³-hybridized carbons (Fsp3) is 0.0370. The van der Waals surface area contributed by atoms with Crippen LogP contribution in [0, 0.1) is 0 Å². The standard InChI is InChI=1S/C27H18ClN5O3S/c1-17(34)22-16-23(32(30-22)20-10-6-3-7-11-20)24(35)26-31-33(21-14-12-19(28)13-15-21)27(37-26)29-25(36)18-8-4-2-5-9-18/h2-16H,1H3. The lowest BCUT2D eigenvalue weighted by Crippen LogP contribution is -2.17. The van der Waals surface area contributed by atoms with Gasteiger partial charge in [-0.2, -0.15) is 15.2 Å². The summed E-state index contributed by atoms with van der Waals surface area (Å²) in [6, 6.07) is 25.9. The molecule has 0 saturated heterocycles. The van der Waals surface area contributed by atoms with Crippen molar-refractivity contribution in [2.75, 3.05) is 0 Å². The maximum atomic E-state index is 13.7. The number of Topliss-reactive ketones (excluding diaryl/α,β-unsaturated/α-hetero) is 1. The second kappa shape index (κ2) is 10.3. The van der Waals surface area contributed by atoms with Crippen molar-refractivity contribution in [1.29, 1.82) is 0 Å². The molecule has 182 valence electrons. The fourth-order valence-corrected chi connectivity index (χ4v) is 4.50. The molecule has 0 spiro atoms. The molecule has 10 heteroatoms. The summed E-state index contributed by atoms with van der Waals surface area (Å²) in [4.78, 5) is 43.1. The minimum absolute atomic E-state index is 0.0711. The zero-order valence-electron chi connectivity index (χ0n) is 19.4. The highest BCUT2D eigenvalue weighted by atomic mass is 35.5. The van der Waals surface area contributed by atoms with E-state index in [1.54, 1.807) is 66.7 Å².